The summed E-state index contributed by atoms with van der Waals surface area (Å²) < 4.78 is 2.11. The number of nitrogens with two attached hydrogens (primary N) is 1. The van der Waals surface area contributed by atoms with Crippen molar-refractivity contribution in [2.75, 3.05) is 19.6 Å². The minimum absolute atomic E-state index is 0.0739. The maximum absolute atomic E-state index is 12.8. The summed E-state index contributed by atoms with van der Waals surface area (Å²) in [5.41, 5.74) is 9.37. The van der Waals surface area contributed by atoms with Gasteiger partial charge in [-0.2, -0.15) is 0 Å². The number of imidazole rings is 1. The van der Waals surface area contributed by atoms with Gasteiger partial charge in [-0.3, -0.25) is 9.36 Å². The summed E-state index contributed by atoms with van der Waals surface area (Å²) >= 11 is 0. The largest absolute Gasteiger partial charge is 0.338 e. The van der Waals surface area contributed by atoms with Gasteiger partial charge in [-0.25, -0.2) is 4.98 Å². The number of para-hydroxylation sites is 1. The fourth-order valence-corrected chi connectivity index (χ4v) is 3.63. The molecule has 2 aromatic carbocycles. The SMILES string of the molecule is Cc1nc2cc(C(=O)N3CCC(CN)C3)ccc2n1-c1ccccc1. The lowest BCUT2D eigenvalue weighted by atomic mass is 10.1. The van der Waals surface area contributed by atoms with Gasteiger partial charge in [0.05, 0.1) is 11.0 Å². The third-order valence-electron chi connectivity index (χ3n) is 4.99. The van der Waals surface area contributed by atoms with E-state index in [1.807, 2.05) is 48.2 Å². The molecule has 2 N–H and O–H groups in total. The van der Waals surface area contributed by atoms with Crippen LogP contribution in [0.5, 0.6) is 0 Å². The predicted octanol–water partition coefficient (Wildman–Crippen LogP) is 2.75. The molecule has 1 unspecified atom stereocenters. The molecular weight excluding hydrogens is 312 g/mol. The van der Waals surface area contributed by atoms with E-state index in [9.17, 15) is 4.79 Å². The molecule has 0 radical (unpaired) electrons. The zero-order valence-electron chi connectivity index (χ0n) is 14.4. The third kappa shape index (κ3) is 2.81. The Morgan fingerprint density at radius 2 is 2.04 bits per heavy atom. The van der Waals surface area contributed by atoms with Gasteiger partial charge in [-0.15, -0.1) is 0 Å². The van der Waals surface area contributed by atoms with E-state index in [2.05, 4.69) is 21.7 Å². The number of benzene rings is 2. The van der Waals surface area contributed by atoms with E-state index in [4.69, 9.17) is 5.73 Å². The molecular formula is C20H22N4O. The molecule has 0 bridgehead atoms. The fourth-order valence-electron chi connectivity index (χ4n) is 3.63. The van der Waals surface area contributed by atoms with Crippen molar-refractivity contribution in [3.05, 3.63) is 59.9 Å². The van der Waals surface area contributed by atoms with Gasteiger partial charge >= 0.3 is 0 Å². The van der Waals surface area contributed by atoms with Crippen LogP contribution in [0.3, 0.4) is 0 Å². The van der Waals surface area contributed by atoms with Gasteiger partial charge < -0.3 is 10.6 Å². The summed E-state index contributed by atoms with van der Waals surface area (Å²) in [4.78, 5) is 19.3. The van der Waals surface area contributed by atoms with Crippen molar-refractivity contribution in [1.29, 1.82) is 0 Å². The molecule has 1 amide bonds. The van der Waals surface area contributed by atoms with E-state index in [1.165, 1.54) is 0 Å². The van der Waals surface area contributed by atoms with Crippen molar-refractivity contribution in [1.82, 2.24) is 14.5 Å². The predicted molar refractivity (Wildman–Crippen MR) is 98.9 cm³/mol. The van der Waals surface area contributed by atoms with Gasteiger partial charge in [-0.05, 0) is 56.1 Å². The molecule has 0 aliphatic carbocycles. The highest BCUT2D eigenvalue weighted by atomic mass is 16.2. The molecule has 5 nitrogen and oxygen atoms in total. The summed E-state index contributed by atoms with van der Waals surface area (Å²) in [6.45, 7) is 4.17. The Balaban J connectivity index is 1.69. The Hall–Kier alpha value is -2.66. The van der Waals surface area contributed by atoms with E-state index in [0.29, 0.717) is 18.0 Å². The highest BCUT2D eigenvalue weighted by molar-refractivity contribution is 5.97. The van der Waals surface area contributed by atoms with Crippen LogP contribution in [-0.4, -0.2) is 40.0 Å². The number of hydrogen-bond donors (Lipinski definition) is 1. The number of carbonyl (C=O) groups is 1. The van der Waals surface area contributed by atoms with E-state index in [1.54, 1.807) is 0 Å². The third-order valence-corrected chi connectivity index (χ3v) is 4.99. The smallest absolute Gasteiger partial charge is 0.253 e. The van der Waals surface area contributed by atoms with Crippen molar-refractivity contribution < 1.29 is 4.79 Å². The molecule has 1 saturated heterocycles. The number of hydrogen-bond acceptors (Lipinski definition) is 3. The number of fused-ring (bicyclic) bond motifs is 1. The molecule has 3 aromatic rings. The van der Waals surface area contributed by atoms with Crippen LogP contribution >= 0.6 is 0 Å². The maximum Gasteiger partial charge on any atom is 0.253 e. The zero-order chi connectivity index (χ0) is 17.4. The van der Waals surface area contributed by atoms with Crippen LogP contribution < -0.4 is 5.73 Å². The Labute approximate surface area is 147 Å². The summed E-state index contributed by atoms with van der Waals surface area (Å²) in [6.07, 6.45) is 0.992. The minimum atomic E-state index is 0.0739. The van der Waals surface area contributed by atoms with Crippen LogP contribution in [0, 0.1) is 12.8 Å². The summed E-state index contributed by atoms with van der Waals surface area (Å²) in [5, 5.41) is 0. The van der Waals surface area contributed by atoms with Crippen LogP contribution in [0.15, 0.2) is 48.5 Å². The maximum atomic E-state index is 12.8. The number of carbonyl (C=O) groups excluding carboxylic acids is 1. The molecule has 1 aromatic heterocycles. The Kier molecular flexibility index (Phi) is 4.01. The van der Waals surface area contributed by atoms with Crippen molar-refractivity contribution in [2.45, 2.75) is 13.3 Å². The molecule has 2 heterocycles. The highest BCUT2D eigenvalue weighted by Gasteiger charge is 2.26. The van der Waals surface area contributed by atoms with E-state index in [-0.39, 0.29) is 5.91 Å². The standard InChI is InChI=1S/C20H22N4O/c1-14-22-18-11-16(20(25)23-10-9-15(12-21)13-23)7-8-19(18)24(14)17-5-3-2-4-6-17/h2-8,11,15H,9-10,12-13,21H2,1H3. The van der Waals surface area contributed by atoms with Crippen molar-refractivity contribution in [2.24, 2.45) is 11.7 Å². The van der Waals surface area contributed by atoms with E-state index in [0.717, 1.165) is 42.1 Å². The van der Waals surface area contributed by atoms with Gasteiger partial charge in [-0.1, -0.05) is 18.2 Å². The lowest BCUT2D eigenvalue weighted by Gasteiger charge is -2.16. The molecule has 5 heteroatoms. The lowest BCUT2D eigenvalue weighted by molar-refractivity contribution is 0.0788. The Morgan fingerprint density at radius 3 is 2.76 bits per heavy atom. The van der Waals surface area contributed by atoms with E-state index >= 15 is 0 Å². The Morgan fingerprint density at radius 1 is 1.24 bits per heavy atom. The van der Waals surface area contributed by atoms with Crippen molar-refractivity contribution >= 4 is 16.9 Å². The second-order valence-electron chi connectivity index (χ2n) is 6.68. The number of nitrogens with zero attached hydrogens (tertiary/aromatic N) is 3. The summed E-state index contributed by atoms with van der Waals surface area (Å²) in [6, 6.07) is 15.9. The number of rotatable bonds is 3. The topological polar surface area (TPSA) is 64.2 Å². The van der Waals surface area contributed by atoms with Gasteiger partial charge in [0.25, 0.3) is 5.91 Å². The van der Waals surface area contributed by atoms with Gasteiger partial charge in [0.2, 0.25) is 0 Å². The quantitative estimate of drug-likeness (QED) is 0.801. The zero-order valence-corrected chi connectivity index (χ0v) is 14.4. The van der Waals surface area contributed by atoms with E-state index < -0.39 is 0 Å². The van der Waals surface area contributed by atoms with Crippen LogP contribution in [0.25, 0.3) is 16.7 Å². The molecule has 1 atom stereocenters. The molecule has 4 rings (SSSR count). The average Bonchev–Trinajstić information content (AvgIpc) is 3.24. The van der Waals surface area contributed by atoms with Crippen LogP contribution in [0.4, 0.5) is 0 Å². The molecule has 0 saturated carbocycles. The van der Waals surface area contributed by atoms with Gasteiger partial charge in [0.1, 0.15) is 5.82 Å². The first-order valence-corrected chi connectivity index (χ1v) is 8.71. The number of likely N-dealkylation sites (tertiary alicyclic amines) is 1. The first-order valence-electron chi connectivity index (χ1n) is 8.71. The van der Waals surface area contributed by atoms with Gasteiger partial charge in [0.15, 0.2) is 0 Å². The monoisotopic (exact) mass is 334 g/mol. The number of aromatic nitrogens is 2. The molecule has 128 valence electrons. The van der Waals surface area contributed by atoms with Gasteiger partial charge in [0, 0.05) is 24.3 Å². The number of amides is 1. The Bertz CT molecular complexity index is 916. The summed E-state index contributed by atoms with van der Waals surface area (Å²) in [5.74, 6) is 1.41. The van der Waals surface area contributed by atoms with Crippen molar-refractivity contribution in [3.8, 4) is 5.69 Å². The molecule has 25 heavy (non-hydrogen) atoms. The first-order chi connectivity index (χ1) is 12.2. The molecule has 1 aliphatic heterocycles. The molecule has 1 fully saturated rings. The lowest BCUT2D eigenvalue weighted by Crippen LogP contribution is -2.29. The first kappa shape index (κ1) is 15.8. The minimum Gasteiger partial charge on any atom is -0.338 e. The highest BCUT2D eigenvalue weighted by Crippen LogP contribution is 2.24. The molecule has 0 spiro atoms. The summed E-state index contributed by atoms with van der Waals surface area (Å²) in [7, 11) is 0. The second kappa shape index (κ2) is 6.33. The van der Waals surface area contributed by atoms with Crippen molar-refractivity contribution in [3.63, 3.8) is 0 Å². The van der Waals surface area contributed by atoms with Crippen LogP contribution in [0.2, 0.25) is 0 Å². The molecule has 1 aliphatic rings. The average molecular weight is 334 g/mol. The van der Waals surface area contributed by atoms with Crippen LogP contribution in [-0.2, 0) is 0 Å². The second-order valence-corrected chi connectivity index (χ2v) is 6.68. The van der Waals surface area contributed by atoms with Crippen LogP contribution in [0.1, 0.15) is 22.6 Å². The number of aryl methyl sites for hydroxylation is 1. The normalized spacial score (nSPS) is 17.4. The fraction of sp³-hybridized carbons (Fsp3) is 0.300.